The van der Waals surface area contributed by atoms with E-state index in [2.05, 4.69) is 11.9 Å². The molecule has 1 aromatic rings. The summed E-state index contributed by atoms with van der Waals surface area (Å²) in [5.74, 6) is 0.976. The van der Waals surface area contributed by atoms with Crippen molar-refractivity contribution in [3.8, 4) is 11.5 Å². The molecule has 21 heavy (non-hydrogen) atoms. The third-order valence-electron chi connectivity index (χ3n) is 2.74. The summed E-state index contributed by atoms with van der Waals surface area (Å²) in [4.78, 5) is 12.0. The molecule has 1 rings (SSSR count). The molecule has 0 aliphatic rings. The summed E-state index contributed by atoms with van der Waals surface area (Å²) in [5.41, 5.74) is 0.536. The van der Waals surface area contributed by atoms with E-state index in [0.717, 1.165) is 6.42 Å². The Labute approximate surface area is 125 Å². The molecule has 5 nitrogen and oxygen atoms in total. The minimum Gasteiger partial charge on any atom is -0.493 e. The van der Waals surface area contributed by atoms with E-state index in [1.54, 1.807) is 31.4 Å². The van der Waals surface area contributed by atoms with E-state index in [1.807, 2.05) is 6.92 Å². The average Bonchev–Trinajstić information content (AvgIpc) is 2.52. The maximum Gasteiger partial charge on any atom is 0.251 e. The fraction of sp³-hybridized carbons (Fsp3) is 0.438. The predicted molar refractivity (Wildman–Crippen MR) is 82.1 cm³/mol. The van der Waals surface area contributed by atoms with Gasteiger partial charge in [0.2, 0.25) is 0 Å². The zero-order valence-corrected chi connectivity index (χ0v) is 12.7. The number of hydrogen-bond acceptors (Lipinski definition) is 4. The van der Waals surface area contributed by atoms with Crippen LogP contribution >= 0.6 is 0 Å². The van der Waals surface area contributed by atoms with Crippen LogP contribution in [0.3, 0.4) is 0 Å². The predicted octanol–water partition coefficient (Wildman–Crippen LogP) is 2.42. The van der Waals surface area contributed by atoms with Crippen LogP contribution in [0.2, 0.25) is 0 Å². The molecule has 0 fully saturated rings. The van der Waals surface area contributed by atoms with Gasteiger partial charge in [-0.05, 0) is 31.5 Å². The highest BCUT2D eigenvalue weighted by molar-refractivity contribution is 5.94. The molecule has 5 heteroatoms. The Balaban J connectivity index is 2.57. The lowest BCUT2D eigenvalue weighted by Gasteiger charge is -2.11. The Morgan fingerprint density at radius 3 is 2.86 bits per heavy atom. The van der Waals surface area contributed by atoms with Crippen molar-refractivity contribution in [3.05, 3.63) is 36.4 Å². The first-order chi connectivity index (χ1) is 10.2. The number of methoxy groups -OCH3 is 1. The third kappa shape index (κ3) is 5.87. The van der Waals surface area contributed by atoms with Crippen molar-refractivity contribution in [1.82, 2.24) is 5.32 Å². The van der Waals surface area contributed by atoms with Crippen LogP contribution in [0.1, 0.15) is 23.7 Å². The first kappa shape index (κ1) is 17.0. The first-order valence-corrected chi connectivity index (χ1v) is 7.00. The SMILES string of the molecule is C=CCOc1ccc(C(=O)NCCCOCC)cc1OC. The number of carbonyl (C=O) groups excluding carboxylic acids is 1. The van der Waals surface area contributed by atoms with Gasteiger partial charge < -0.3 is 19.5 Å². The zero-order chi connectivity index (χ0) is 15.5. The van der Waals surface area contributed by atoms with Crippen molar-refractivity contribution in [2.45, 2.75) is 13.3 Å². The lowest BCUT2D eigenvalue weighted by atomic mass is 10.2. The molecule has 1 aromatic carbocycles. The molecule has 0 saturated carbocycles. The smallest absolute Gasteiger partial charge is 0.251 e. The van der Waals surface area contributed by atoms with Gasteiger partial charge in [0, 0.05) is 25.3 Å². The van der Waals surface area contributed by atoms with Crippen molar-refractivity contribution in [3.63, 3.8) is 0 Å². The highest BCUT2D eigenvalue weighted by Gasteiger charge is 2.10. The molecule has 0 spiro atoms. The van der Waals surface area contributed by atoms with Gasteiger partial charge in [0.25, 0.3) is 5.91 Å². The van der Waals surface area contributed by atoms with Crippen LogP contribution in [0.15, 0.2) is 30.9 Å². The minimum atomic E-state index is -0.139. The quantitative estimate of drug-likeness (QED) is 0.532. The number of hydrogen-bond donors (Lipinski definition) is 1. The minimum absolute atomic E-state index is 0.139. The summed E-state index contributed by atoms with van der Waals surface area (Å²) >= 11 is 0. The van der Waals surface area contributed by atoms with E-state index < -0.39 is 0 Å². The molecule has 0 aliphatic carbocycles. The molecule has 0 bridgehead atoms. The Hall–Kier alpha value is -2.01. The number of amides is 1. The van der Waals surface area contributed by atoms with Crippen molar-refractivity contribution in [2.75, 3.05) is 33.5 Å². The van der Waals surface area contributed by atoms with Crippen molar-refractivity contribution in [1.29, 1.82) is 0 Å². The van der Waals surface area contributed by atoms with Crippen LogP contribution < -0.4 is 14.8 Å². The van der Waals surface area contributed by atoms with Crippen molar-refractivity contribution in [2.24, 2.45) is 0 Å². The highest BCUT2D eigenvalue weighted by Crippen LogP contribution is 2.28. The second-order valence-corrected chi connectivity index (χ2v) is 4.27. The molecular weight excluding hydrogens is 270 g/mol. The van der Waals surface area contributed by atoms with Crippen molar-refractivity contribution < 1.29 is 19.0 Å². The standard InChI is InChI=1S/C16H23NO4/c1-4-10-21-14-8-7-13(12-15(14)19-3)16(18)17-9-6-11-20-5-2/h4,7-8,12H,1,5-6,9-11H2,2-3H3,(H,17,18). The second kappa shape index (κ2) is 9.83. The fourth-order valence-electron chi connectivity index (χ4n) is 1.70. The maximum atomic E-state index is 12.0. The fourth-order valence-corrected chi connectivity index (χ4v) is 1.70. The van der Waals surface area contributed by atoms with Crippen LogP contribution in [0.5, 0.6) is 11.5 Å². The van der Waals surface area contributed by atoms with Crippen molar-refractivity contribution >= 4 is 5.91 Å². The molecule has 116 valence electrons. The van der Waals surface area contributed by atoms with Gasteiger partial charge in [0.1, 0.15) is 6.61 Å². The lowest BCUT2D eigenvalue weighted by Crippen LogP contribution is -2.25. The Bertz CT molecular complexity index is 460. The lowest BCUT2D eigenvalue weighted by molar-refractivity contribution is 0.0944. The Morgan fingerprint density at radius 1 is 1.38 bits per heavy atom. The number of rotatable bonds is 10. The van der Waals surface area contributed by atoms with Crippen LogP contribution in [-0.2, 0) is 4.74 Å². The number of ether oxygens (including phenoxy) is 3. The summed E-state index contributed by atoms with van der Waals surface area (Å²) in [7, 11) is 1.54. The highest BCUT2D eigenvalue weighted by atomic mass is 16.5. The molecule has 0 aliphatic heterocycles. The molecule has 1 N–H and O–H groups in total. The van der Waals surface area contributed by atoms with Gasteiger partial charge in [-0.3, -0.25) is 4.79 Å². The molecule has 0 radical (unpaired) electrons. The van der Waals surface area contributed by atoms with Crippen LogP contribution in [0.4, 0.5) is 0 Å². The van der Waals surface area contributed by atoms with Crippen LogP contribution in [0, 0.1) is 0 Å². The summed E-state index contributed by atoms with van der Waals surface area (Å²) in [5, 5.41) is 2.84. The second-order valence-electron chi connectivity index (χ2n) is 4.27. The molecule has 0 saturated heterocycles. The largest absolute Gasteiger partial charge is 0.493 e. The van der Waals surface area contributed by atoms with Gasteiger partial charge in [-0.15, -0.1) is 0 Å². The summed E-state index contributed by atoms with van der Waals surface area (Å²) in [6, 6.07) is 5.09. The van der Waals surface area contributed by atoms with Gasteiger partial charge >= 0.3 is 0 Å². The molecule has 0 aromatic heterocycles. The first-order valence-electron chi connectivity index (χ1n) is 7.00. The van der Waals surface area contributed by atoms with E-state index in [-0.39, 0.29) is 5.91 Å². The van der Waals surface area contributed by atoms with Gasteiger partial charge in [-0.2, -0.15) is 0 Å². The molecule has 1 amide bonds. The monoisotopic (exact) mass is 293 g/mol. The zero-order valence-electron chi connectivity index (χ0n) is 12.7. The normalized spacial score (nSPS) is 10.0. The summed E-state index contributed by atoms with van der Waals surface area (Å²) < 4.78 is 15.9. The van der Waals surface area contributed by atoms with Gasteiger partial charge in [-0.25, -0.2) is 0 Å². The van der Waals surface area contributed by atoms with Gasteiger partial charge in [0.15, 0.2) is 11.5 Å². The summed E-state index contributed by atoms with van der Waals surface area (Å²) in [6.45, 7) is 7.84. The van der Waals surface area contributed by atoms with E-state index in [1.165, 1.54) is 0 Å². The van der Waals surface area contributed by atoms with E-state index in [9.17, 15) is 4.79 Å². The molecule has 0 heterocycles. The van der Waals surface area contributed by atoms with E-state index >= 15 is 0 Å². The average molecular weight is 293 g/mol. The van der Waals surface area contributed by atoms with Gasteiger partial charge in [0.05, 0.1) is 7.11 Å². The summed E-state index contributed by atoms with van der Waals surface area (Å²) in [6.07, 6.45) is 2.44. The topological polar surface area (TPSA) is 56.8 Å². The number of carbonyl (C=O) groups is 1. The maximum absolute atomic E-state index is 12.0. The molecular formula is C16H23NO4. The number of nitrogens with one attached hydrogen (secondary N) is 1. The van der Waals surface area contributed by atoms with Crippen LogP contribution in [0.25, 0.3) is 0 Å². The Kier molecular flexibility index (Phi) is 7.97. The Morgan fingerprint density at radius 2 is 2.19 bits per heavy atom. The van der Waals surface area contributed by atoms with E-state index in [4.69, 9.17) is 14.2 Å². The third-order valence-corrected chi connectivity index (χ3v) is 2.74. The molecule has 0 atom stereocenters. The van der Waals surface area contributed by atoms with Gasteiger partial charge in [-0.1, -0.05) is 12.7 Å². The number of benzene rings is 1. The van der Waals surface area contributed by atoms with E-state index in [0.29, 0.717) is 43.4 Å². The van der Waals surface area contributed by atoms with Crippen LogP contribution in [-0.4, -0.2) is 39.4 Å². The molecule has 0 unspecified atom stereocenters.